The Balaban J connectivity index is 1.35. The molecule has 2 N–H and O–H groups in total. The quantitative estimate of drug-likeness (QED) is 0.0586. The summed E-state index contributed by atoms with van der Waals surface area (Å²) in [6, 6.07) is 20.7. The maximum Gasteiger partial charge on any atom is 0.230 e. The molecule has 9 nitrogen and oxygen atoms in total. The van der Waals surface area contributed by atoms with Crippen LogP contribution in [-0.2, 0) is 16.0 Å². The van der Waals surface area contributed by atoms with Crippen molar-refractivity contribution in [2.75, 3.05) is 32.7 Å². The van der Waals surface area contributed by atoms with E-state index in [1.165, 1.54) is 0 Å². The topological polar surface area (TPSA) is 116 Å². The molecule has 0 saturated heterocycles. The van der Waals surface area contributed by atoms with Crippen LogP contribution in [0.4, 0.5) is 0 Å². The summed E-state index contributed by atoms with van der Waals surface area (Å²) < 4.78 is 20.9. The van der Waals surface area contributed by atoms with Crippen molar-refractivity contribution in [3.05, 3.63) is 115 Å². The molecule has 2 aliphatic carbocycles. The van der Waals surface area contributed by atoms with Gasteiger partial charge in [0.05, 0.1) is 29.2 Å². The van der Waals surface area contributed by atoms with E-state index in [4.69, 9.17) is 24.2 Å². The van der Waals surface area contributed by atoms with Crippen LogP contribution in [0.15, 0.2) is 109 Å². The van der Waals surface area contributed by atoms with Gasteiger partial charge in [0.2, 0.25) is 5.79 Å². The molecule has 1 saturated carbocycles. The minimum absolute atomic E-state index is 0.0121. The fourth-order valence-electron chi connectivity index (χ4n) is 8.78. The van der Waals surface area contributed by atoms with Gasteiger partial charge in [0.25, 0.3) is 0 Å². The molecule has 0 bridgehead atoms. The van der Waals surface area contributed by atoms with Gasteiger partial charge in [-0.1, -0.05) is 60.5 Å². The van der Waals surface area contributed by atoms with E-state index in [-0.39, 0.29) is 42.1 Å². The van der Waals surface area contributed by atoms with E-state index in [9.17, 15) is 10.2 Å². The van der Waals surface area contributed by atoms with Gasteiger partial charge < -0.3 is 29.3 Å². The largest absolute Gasteiger partial charge is 0.460 e. The Morgan fingerprint density at radius 2 is 1.78 bits per heavy atom. The van der Waals surface area contributed by atoms with Crippen LogP contribution in [0, 0.1) is 17.8 Å². The number of ether oxygens (including phenoxy) is 3. The van der Waals surface area contributed by atoms with E-state index in [0.717, 1.165) is 101 Å². The van der Waals surface area contributed by atoms with Crippen LogP contribution in [0.5, 0.6) is 17.2 Å². The van der Waals surface area contributed by atoms with Crippen molar-refractivity contribution in [2.45, 2.75) is 68.3 Å². The van der Waals surface area contributed by atoms with Crippen LogP contribution in [-0.4, -0.2) is 69.6 Å². The second-order valence-corrected chi connectivity index (χ2v) is 15.7. The number of allylic oxidation sites excluding steroid dienone is 1. The first-order valence-corrected chi connectivity index (χ1v) is 20.3. The smallest absolute Gasteiger partial charge is 0.230 e. The summed E-state index contributed by atoms with van der Waals surface area (Å²) in [6.07, 6.45) is 15.9. The van der Waals surface area contributed by atoms with Gasteiger partial charge in [-0.25, -0.2) is 0 Å². The normalized spacial score (nSPS) is 25.0. The Morgan fingerprint density at radius 3 is 2.56 bits per heavy atom. The zero-order valence-electron chi connectivity index (χ0n) is 31.0. The van der Waals surface area contributed by atoms with Crippen LogP contribution in [0.1, 0.15) is 62.1 Å². The molecule has 54 heavy (non-hydrogen) atoms. The molecule has 3 aliphatic rings. The van der Waals surface area contributed by atoms with Gasteiger partial charge in [-0.15, -0.1) is 6.58 Å². The summed E-state index contributed by atoms with van der Waals surface area (Å²) in [5, 5.41) is 26.5. The summed E-state index contributed by atoms with van der Waals surface area (Å²) in [6.45, 7) is 4.68. The monoisotopic (exact) mass is 749 g/mol. The van der Waals surface area contributed by atoms with E-state index in [2.05, 4.69) is 53.0 Å². The molecule has 284 valence electrons. The number of unbranched alkanes of at least 4 members (excludes halogenated alkanes) is 2. The number of oxime groups is 1. The maximum absolute atomic E-state index is 9.88. The van der Waals surface area contributed by atoms with E-state index in [1.54, 1.807) is 25.6 Å². The molecule has 6 atom stereocenters. The molecular weight excluding hydrogens is 699 g/mol. The molecule has 1 aliphatic heterocycles. The molecule has 2 heterocycles. The molecule has 0 amide bonds. The van der Waals surface area contributed by atoms with Gasteiger partial charge in [0.15, 0.2) is 0 Å². The average molecular weight is 750 g/mol. The lowest BCUT2D eigenvalue weighted by molar-refractivity contribution is -0.223. The Morgan fingerprint density at radius 1 is 0.981 bits per heavy atom. The predicted octanol–water partition coefficient (Wildman–Crippen LogP) is 8.66. The zero-order valence-corrected chi connectivity index (χ0v) is 31.8. The number of aliphatic hydroxyl groups is 2. The molecule has 7 rings (SSSR count). The van der Waals surface area contributed by atoms with Crippen LogP contribution in [0.2, 0.25) is 0 Å². The number of nitrogens with zero attached hydrogens (tertiary/aromatic N) is 3. The van der Waals surface area contributed by atoms with Crippen molar-refractivity contribution in [2.24, 2.45) is 22.9 Å². The molecule has 1 aromatic heterocycles. The lowest BCUT2D eigenvalue weighted by atomic mass is 9.56. The van der Waals surface area contributed by atoms with E-state index >= 15 is 0 Å². The van der Waals surface area contributed by atoms with Gasteiger partial charge in [-0.2, -0.15) is 11.8 Å². The molecule has 0 spiro atoms. The number of benzene rings is 3. The van der Waals surface area contributed by atoms with Crippen molar-refractivity contribution < 1.29 is 29.3 Å². The zero-order chi connectivity index (χ0) is 37.3. The maximum atomic E-state index is 9.88. The van der Waals surface area contributed by atoms with E-state index in [1.807, 2.05) is 48.3 Å². The van der Waals surface area contributed by atoms with Crippen LogP contribution >= 0.6 is 11.8 Å². The Hall–Kier alpha value is -4.22. The van der Waals surface area contributed by atoms with E-state index in [0.29, 0.717) is 13.0 Å². The second kappa shape index (κ2) is 17.9. The highest BCUT2D eigenvalue weighted by Gasteiger charge is 2.63. The number of hydrogen-bond acceptors (Lipinski definition) is 10. The van der Waals surface area contributed by atoms with Crippen LogP contribution in [0.25, 0.3) is 10.8 Å². The van der Waals surface area contributed by atoms with Gasteiger partial charge >= 0.3 is 0 Å². The number of fused-ring (bicyclic) bond motifs is 3. The Kier molecular flexibility index (Phi) is 12.6. The third kappa shape index (κ3) is 8.08. The first kappa shape index (κ1) is 38.1. The lowest BCUT2D eigenvalue weighted by Crippen LogP contribution is -2.64. The number of aliphatic hydroxyl groups excluding tert-OH is 2. The van der Waals surface area contributed by atoms with Gasteiger partial charge in [-0.05, 0) is 89.9 Å². The highest BCUT2D eigenvalue weighted by molar-refractivity contribution is 8.00. The van der Waals surface area contributed by atoms with Crippen molar-refractivity contribution in [1.29, 1.82) is 0 Å². The summed E-state index contributed by atoms with van der Waals surface area (Å²) in [5.41, 5.74) is 4.05. The number of aryl methyl sites for hydroxylation is 1. The highest BCUT2D eigenvalue weighted by atomic mass is 32.2. The van der Waals surface area contributed by atoms with E-state index < -0.39 is 5.79 Å². The first-order chi connectivity index (χ1) is 26.6. The molecule has 6 unspecified atom stereocenters. The van der Waals surface area contributed by atoms with Gasteiger partial charge in [-0.3, -0.25) is 9.97 Å². The van der Waals surface area contributed by atoms with Crippen molar-refractivity contribution in [3.63, 3.8) is 0 Å². The standard InChI is InChI=1S/C44H51N3O6S/c1-3-23-51-44-41(54-24-18-33-29-45-19-20-46-33)28-39(47-50-2)37-26-32(12-6-8-21-48)36(13-7-9-22-49)42(43(37)44)38-27-35(16-17-40(38)53-44)52-34-15-14-30-10-4-5-11-31(30)25-34/h3-5,10-11,14-17,19-20,25-27,29,32,36,41-43,48-49H,1,6-9,12-13,18,21-24,28H2,2H3. The number of hydrogen-bond donors (Lipinski definition) is 2. The molecule has 1 fully saturated rings. The van der Waals surface area contributed by atoms with Crippen molar-refractivity contribution in [1.82, 2.24) is 9.97 Å². The SMILES string of the molecule is C=CCOC12Oc3ccc(Oc4ccc5ccccc5c4)cc3C3C(CCCCO)C(CCCCO)C=C(C(=NOC)CC1SCCc1cnccn1)C32. The van der Waals surface area contributed by atoms with Crippen molar-refractivity contribution in [3.8, 4) is 17.2 Å². The van der Waals surface area contributed by atoms with Crippen molar-refractivity contribution >= 4 is 28.2 Å². The lowest BCUT2D eigenvalue weighted by Gasteiger charge is -2.58. The summed E-state index contributed by atoms with van der Waals surface area (Å²) in [4.78, 5) is 14.3. The fraction of sp³-hybridized carbons (Fsp3) is 0.432. The first-order valence-electron chi connectivity index (χ1n) is 19.2. The Labute approximate surface area is 322 Å². The average Bonchev–Trinajstić information content (AvgIpc) is 3.20. The molecule has 10 heteroatoms. The Bertz CT molecular complexity index is 1940. The molecule has 0 radical (unpaired) electrons. The molecule has 4 aromatic rings. The molecule has 3 aromatic carbocycles. The van der Waals surface area contributed by atoms with Gasteiger partial charge in [0.1, 0.15) is 24.4 Å². The van der Waals surface area contributed by atoms with Crippen LogP contribution < -0.4 is 9.47 Å². The number of rotatable bonds is 18. The molecular formula is C44H51N3O6S. The highest BCUT2D eigenvalue weighted by Crippen LogP contribution is 2.62. The summed E-state index contributed by atoms with van der Waals surface area (Å²) in [7, 11) is 1.61. The fourth-order valence-corrected chi connectivity index (χ4v) is 10.2. The number of thioether (sulfide) groups is 1. The minimum atomic E-state index is -1.02. The third-order valence-corrected chi connectivity index (χ3v) is 12.4. The minimum Gasteiger partial charge on any atom is -0.460 e. The second-order valence-electron chi connectivity index (χ2n) is 14.4. The summed E-state index contributed by atoms with van der Waals surface area (Å²) >= 11 is 1.82. The third-order valence-electron chi connectivity index (χ3n) is 11.1. The number of aromatic nitrogens is 2. The van der Waals surface area contributed by atoms with Gasteiger partial charge in [0, 0.05) is 56.1 Å². The summed E-state index contributed by atoms with van der Waals surface area (Å²) in [5.74, 6) is 2.27. The predicted molar refractivity (Wildman–Crippen MR) is 214 cm³/mol. The van der Waals surface area contributed by atoms with Crippen LogP contribution in [0.3, 0.4) is 0 Å².